The fourth-order valence-electron chi connectivity index (χ4n) is 2.47. The quantitative estimate of drug-likeness (QED) is 0.442. The number of anilines is 3. The second kappa shape index (κ2) is 8.31. The molecule has 1 aromatic carbocycles. The Morgan fingerprint density at radius 2 is 2.04 bits per heavy atom. The fraction of sp³-hybridized carbons (Fsp3) is 0.176. The van der Waals surface area contributed by atoms with Crippen LogP contribution >= 0.6 is 23.1 Å². The van der Waals surface area contributed by atoms with Gasteiger partial charge in [-0.15, -0.1) is 16.4 Å². The van der Waals surface area contributed by atoms with Gasteiger partial charge in [0.25, 0.3) is 0 Å². The first kappa shape index (κ1) is 18.3. The summed E-state index contributed by atoms with van der Waals surface area (Å²) in [5.74, 6) is 1.61. The second-order valence-corrected chi connectivity index (χ2v) is 7.84. The SMILES string of the molecule is Cc1ccccc1Nc1nc(N)nc(CSc2nnnn2Cc2cccs2)n1. The molecule has 0 fully saturated rings. The Bertz CT molecular complexity index is 1060. The van der Waals surface area contributed by atoms with Crippen molar-refractivity contribution in [1.29, 1.82) is 0 Å². The Balaban J connectivity index is 1.46. The molecule has 142 valence electrons. The van der Waals surface area contributed by atoms with Crippen LogP contribution in [0.25, 0.3) is 0 Å². The molecule has 0 aliphatic heterocycles. The van der Waals surface area contributed by atoms with Crippen molar-refractivity contribution in [2.75, 3.05) is 11.1 Å². The molecule has 4 aromatic rings. The van der Waals surface area contributed by atoms with Gasteiger partial charge >= 0.3 is 0 Å². The standard InChI is InChI=1S/C17H17N9S2/c1-11-5-2-3-7-13(11)19-16-21-14(20-15(18)22-16)10-28-17-23-24-25-26(17)9-12-6-4-8-27-12/h2-8H,9-10H2,1H3,(H3,18,19,20,21,22). The van der Waals surface area contributed by atoms with Crippen LogP contribution in [0.5, 0.6) is 0 Å². The molecule has 9 nitrogen and oxygen atoms in total. The van der Waals surface area contributed by atoms with Crippen LogP contribution in [0.3, 0.4) is 0 Å². The summed E-state index contributed by atoms with van der Waals surface area (Å²) < 4.78 is 1.76. The molecule has 0 aliphatic rings. The minimum absolute atomic E-state index is 0.167. The van der Waals surface area contributed by atoms with Crippen LogP contribution < -0.4 is 11.1 Å². The summed E-state index contributed by atoms with van der Waals surface area (Å²) in [5.41, 5.74) is 7.88. The first-order chi connectivity index (χ1) is 13.7. The third-order valence-corrected chi connectivity index (χ3v) is 5.62. The molecule has 3 heterocycles. The number of tetrazole rings is 1. The van der Waals surface area contributed by atoms with Crippen LogP contribution in [-0.2, 0) is 12.3 Å². The Kier molecular flexibility index (Phi) is 5.44. The number of hydrogen-bond donors (Lipinski definition) is 2. The van der Waals surface area contributed by atoms with Gasteiger partial charge in [0.05, 0.1) is 12.3 Å². The lowest BCUT2D eigenvalue weighted by molar-refractivity contribution is 0.608. The van der Waals surface area contributed by atoms with Gasteiger partial charge in [0.2, 0.25) is 17.1 Å². The predicted octanol–water partition coefficient (Wildman–Crippen LogP) is 2.89. The third kappa shape index (κ3) is 4.43. The van der Waals surface area contributed by atoms with E-state index in [9.17, 15) is 0 Å². The van der Waals surface area contributed by atoms with Crippen molar-refractivity contribution in [3.63, 3.8) is 0 Å². The van der Waals surface area contributed by atoms with Crippen molar-refractivity contribution < 1.29 is 0 Å². The monoisotopic (exact) mass is 411 g/mol. The number of aromatic nitrogens is 7. The minimum atomic E-state index is 0.167. The van der Waals surface area contributed by atoms with E-state index >= 15 is 0 Å². The van der Waals surface area contributed by atoms with Gasteiger partial charge in [-0.3, -0.25) is 0 Å². The number of rotatable bonds is 7. The zero-order chi connectivity index (χ0) is 19.3. The number of nitrogens with zero attached hydrogens (tertiary/aromatic N) is 7. The van der Waals surface area contributed by atoms with Crippen molar-refractivity contribution in [3.8, 4) is 0 Å². The Hall–Kier alpha value is -3.05. The van der Waals surface area contributed by atoms with Crippen LogP contribution in [0.15, 0.2) is 46.9 Å². The van der Waals surface area contributed by atoms with E-state index < -0.39 is 0 Å². The molecule has 0 amide bonds. The number of nitrogens with two attached hydrogens (primary N) is 1. The van der Waals surface area contributed by atoms with Gasteiger partial charge in [-0.25, -0.2) is 4.68 Å². The van der Waals surface area contributed by atoms with E-state index in [2.05, 4.69) is 41.9 Å². The Morgan fingerprint density at radius 3 is 2.86 bits per heavy atom. The Morgan fingerprint density at radius 1 is 1.14 bits per heavy atom. The van der Waals surface area contributed by atoms with Gasteiger partial charge in [0.15, 0.2) is 0 Å². The maximum absolute atomic E-state index is 5.86. The molecular weight excluding hydrogens is 394 g/mol. The molecule has 0 saturated carbocycles. The van der Waals surface area contributed by atoms with E-state index in [1.165, 1.54) is 16.6 Å². The highest BCUT2D eigenvalue weighted by Crippen LogP contribution is 2.22. The number of nitrogen functional groups attached to an aromatic ring is 1. The van der Waals surface area contributed by atoms with Crippen molar-refractivity contribution in [2.24, 2.45) is 0 Å². The summed E-state index contributed by atoms with van der Waals surface area (Å²) in [7, 11) is 0. The van der Waals surface area contributed by atoms with Crippen LogP contribution in [-0.4, -0.2) is 35.2 Å². The number of thiophene rings is 1. The topological polar surface area (TPSA) is 120 Å². The lowest BCUT2D eigenvalue weighted by Crippen LogP contribution is -2.07. The molecule has 0 atom stereocenters. The third-order valence-electron chi connectivity index (χ3n) is 3.81. The summed E-state index contributed by atoms with van der Waals surface area (Å²) in [6, 6.07) is 12.0. The highest BCUT2D eigenvalue weighted by molar-refractivity contribution is 7.98. The fourth-order valence-corrected chi connectivity index (χ4v) is 3.89. The van der Waals surface area contributed by atoms with E-state index in [0.29, 0.717) is 29.2 Å². The van der Waals surface area contributed by atoms with E-state index in [1.54, 1.807) is 16.0 Å². The van der Waals surface area contributed by atoms with Gasteiger partial charge in [-0.1, -0.05) is 36.0 Å². The minimum Gasteiger partial charge on any atom is -0.368 e. The van der Waals surface area contributed by atoms with E-state index in [-0.39, 0.29) is 5.95 Å². The van der Waals surface area contributed by atoms with Crippen molar-refractivity contribution in [3.05, 3.63) is 58.0 Å². The molecule has 3 N–H and O–H groups in total. The highest BCUT2D eigenvalue weighted by Gasteiger charge is 2.11. The molecular formula is C17H17N9S2. The van der Waals surface area contributed by atoms with Crippen molar-refractivity contribution >= 4 is 40.7 Å². The van der Waals surface area contributed by atoms with E-state index in [0.717, 1.165) is 11.3 Å². The summed E-state index contributed by atoms with van der Waals surface area (Å²) in [6.07, 6.45) is 0. The van der Waals surface area contributed by atoms with Crippen molar-refractivity contribution in [1.82, 2.24) is 35.2 Å². The van der Waals surface area contributed by atoms with Gasteiger partial charge in [-0.05, 0) is 40.4 Å². The smallest absolute Gasteiger partial charge is 0.232 e. The second-order valence-electron chi connectivity index (χ2n) is 5.86. The van der Waals surface area contributed by atoms with Crippen LogP contribution in [0, 0.1) is 6.92 Å². The first-order valence-electron chi connectivity index (χ1n) is 8.42. The molecule has 4 rings (SSSR count). The summed E-state index contributed by atoms with van der Waals surface area (Å²) in [6.45, 7) is 2.64. The van der Waals surface area contributed by atoms with Gasteiger partial charge in [0.1, 0.15) is 5.82 Å². The van der Waals surface area contributed by atoms with Crippen LogP contribution in [0.1, 0.15) is 16.3 Å². The number of benzene rings is 1. The zero-order valence-corrected chi connectivity index (χ0v) is 16.6. The molecule has 0 aliphatic carbocycles. The number of para-hydroxylation sites is 1. The predicted molar refractivity (Wildman–Crippen MR) is 110 cm³/mol. The molecule has 0 bridgehead atoms. The number of thioether (sulfide) groups is 1. The highest BCUT2D eigenvalue weighted by atomic mass is 32.2. The lowest BCUT2D eigenvalue weighted by atomic mass is 10.2. The lowest BCUT2D eigenvalue weighted by Gasteiger charge is -2.09. The van der Waals surface area contributed by atoms with Crippen molar-refractivity contribution in [2.45, 2.75) is 24.4 Å². The van der Waals surface area contributed by atoms with E-state index in [4.69, 9.17) is 5.73 Å². The summed E-state index contributed by atoms with van der Waals surface area (Å²) >= 11 is 3.12. The average molecular weight is 412 g/mol. The normalized spacial score (nSPS) is 10.9. The maximum atomic E-state index is 5.86. The van der Waals surface area contributed by atoms with Gasteiger partial charge in [0, 0.05) is 10.6 Å². The number of hydrogen-bond acceptors (Lipinski definition) is 10. The molecule has 3 aromatic heterocycles. The average Bonchev–Trinajstić information content (AvgIpc) is 3.34. The van der Waals surface area contributed by atoms with Crippen LogP contribution in [0.4, 0.5) is 17.6 Å². The van der Waals surface area contributed by atoms with Gasteiger partial charge in [-0.2, -0.15) is 15.0 Å². The zero-order valence-electron chi connectivity index (χ0n) is 15.0. The summed E-state index contributed by atoms with van der Waals surface area (Å²) in [4.78, 5) is 14.0. The van der Waals surface area contributed by atoms with E-state index in [1.807, 2.05) is 42.6 Å². The molecule has 28 heavy (non-hydrogen) atoms. The first-order valence-corrected chi connectivity index (χ1v) is 10.3. The molecule has 11 heteroatoms. The summed E-state index contributed by atoms with van der Waals surface area (Å²) in [5, 5.41) is 17.8. The van der Waals surface area contributed by atoms with Gasteiger partial charge < -0.3 is 11.1 Å². The maximum Gasteiger partial charge on any atom is 0.232 e. The molecule has 0 saturated heterocycles. The largest absolute Gasteiger partial charge is 0.368 e. The Labute approximate surface area is 169 Å². The molecule has 0 spiro atoms. The number of nitrogens with one attached hydrogen (secondary N) is 1. The number of aryl methyl sites for hydroxylation is 1. The molecule has 0 radical (unpaired) electrons. The van der Waals surface area contributed by atoms with Crippen LogP contribution in [0.2, 0.25) is 0 Å². The molecule has 0 unspecified atom stereocenters.